The van der Waals surface area contributed by atoms with Gasteiger partial charge in [0.05, 0.1) is 0 Å². The van der Waals surface area contributed by atoms with Crippen LogP contribution in [0.4, 0.5) is 0 Å². The Morgan fingerprint density at radius 3 is 2.42 bits per heavy atom. The first-order chi connectivity index (χ1) is 15.4. The molecule has 0 saturated heterocycles. The van der Waals surface area contributed by atoms with E-state index in [-0.39, 0.29) is 6.10 Å². The van der Waals surface area contributed by atoms with Crippen LogP contribution in [0.15, 0.2) is 97.3 Å². The number of aromatic nitrogens is 3. The molecule has 0 saturated carbocycles. The fourth-order valence-electron chi connectivity index (χ4n) is 4.10. The first-order valence-corrected chi connectivity index (χ1v) is 10.3. The molecule has 0 amide bonds. The van der Waals surface area contributed by atoms with Gasteiger partial charge in [0.25, 0.3) is 0 Å². The lowest BCUT2D eigenvalue weighted by atomic mass is 10.1. The zero-order valence-electron chi connectivity index (χ0n) is 16.7. The Morgan fingerprint density at radius 1 is 0.806 bits per heavy atom. The first-order valence-electron chi connectivity index (χ1n) is 10.3. The Labute approximate surface area is 179 Å². The molecule has 1 N–H and O–H groups in total. The van der Waals surface area contributed by atoms with Gasteiger partial charge in [0, 0.05) is 12.4 Å². The number of ether oxygens (including phenoxy) is 2. The van der Waals surface area contributed by atoms with Crippen LogP contribution >= 0.6 is 0 Å². The molecule has 2 aromatic heterocycles. The zero-order valence-corrected chi connectivity index (χ0v) is 16.7. The van der Waals surface area contributed by atoms with Crippen molar-refractivity contribution >= 4 is 11.0 Å². The summed E-state index contributed by atoms with van der Waals surface area (Å²) in [4.78, 5) is 7.73. The molecule has 1 aliphatic rings. The van der Waals surface area contributed by atoms with E-state index in [9.17, 15) is 0 Å². The molecule has 150 valence electrons. The third kappa shape index (κ3) is 3.11. The van der Waals surface area contributed by atoms with Gasteiger partial charge in [0.15, 0.2) is 22.5 Å². The van der Waals surface area contributed by atoms with Crippen LogP contribution in [0.2, 0.25) is 0 Å². The van der Waals surface area contributed by atoms with E-state index in [0.29, 0.717) is 6.61 Å². The molecule has 1 unspecified atom stereocenters. The molecule has 0 fully saturated rings. The highest BCUT2D eigenvalue weighted by atomic mass is 16.6. The van der Waals surface area contributed by atoms with Gasteiger partial charge in [-0.05, 0) is 65.7 Å². The van der Waals surface area contributed by atoms with Gasteiger partial charge < -0.3 is 9.47 Å². The summed E-state index contributed by atoms with van der Waals surface area (Å²) in [5, 5.41) is 0. The third-order valence-corrected chi connectivity index (χ3v) is 5.58. The van der Waals surface area contributed by atoms with Gasteiger partial charge >= 0.3 is 5.82 Å². The van der Waals surface area contributed by atoms with Gasteiger partial charge in [-0.1, -0.05) is 30.3 Å². The lowest BCUT2D eigenvalue weighted by Gasteiger charge is -2.24. The summed E-state index contributed by atoms with van der Waals surface area (Å²) in [6.07, 6.45) is 3.38. The van der Waals surface area contributed by atoms with Gasteiger partial charge in [0.2, 0.25) is 6.10 Å². The van der Waals surface area contributed by atoms with Crippen LogP contribution in [0.25, 0.3) is 27.8 Å². The minimum atomic E-state index is -0.258. The molecule has 0 radical (unpaired) electrons. The second kappa shape index (κ2) is 7.29. The van der Waals surface area contributed by atoms with Crippen LogP contribution in [0.3, 0.4) is 0 Å². The van der Waals surface area contributed by atoms with Crippen molar-refractivity contribution in [3.63, 3.8) is 0 Å². The molecular weight excluding hydrogens is 386 g/mol. The van der Waals surface area contributed by atoms with Crippen molar-refractivity contribution in [1.29, 1.82) is 0 Å². The maximum absolute atomic E-state index is 6.34. The lowest BCUT2D eigenvalue weighted by Crippen LogP contribution is -2.39. The predicted octanol–water partition coefficient (Wildman–Crippen LogP) is 5.02. The number of benzene rings is 3. The summed E-state index contributed by atoms with van der Waals surface area (Å²) in [5.74, 6) is 2.48. The minimum absolute atomic E-state index is 0.258. The number of aromatic amines is 1. The molecule has 3 aromatic carbocycles. The van der Waals surface area contributed by atoms with Crippen molar-refractivity contribution in [3.8, 4) is 28.3 Å². The van der Waals surface area contributed by atoms with Crippen LogP contribution in [0, 0.1) is 0 Å². The van der Waals surface area contributed by atoms with Crippen molar-refractivity contribution in [2.24, 2.45) is 0 Å². The van der Waals surface area contributed by atoms with Crippen LogP contribution in [0.5, 0.6) is 11.5 Å². The summed E-state index contributed by atoms with van der Waals surface area (Å²) < 4.78 is 14.6. The Balaban J connectivity index is 1.53. The second-order valence-corrected chi connectivity index (χ2v) is 7.51. The number of hydrogen-bond donors (Lipinski definition) is 1. The largest absolute Gasteiger partial charge is 0.485 e. The normalized spacial score (nSPS) is 15.2. The monoisotopic (exact) mass is 406 g/mol. The average Bonchev–Trinajstić information content (AvgIpc) is 3.23. The fraction of sp³-hybridized carbons (Fsp3) is 0.0769. The number of H-pyrrole nitrogens is 1. The number of para-hydroxylation sites is 3. The number of nitrogens with one attached hydrogen (secondary N) is 1. The number of hydrogen-bond acceptors (Lipinski definition) is 3. The fourth-order valence-corrected chi connectivity index (χ4v) is 4.10. The topological polar surface area (TPSA) is 51.0 Å². The highest BCUT2D eigenvalue weighted by molar-refractivity contribution is 5.80. The van der Waals surface area contributed by atoms with E-state index in [1.807, 2.05) is 67.0 Å². The Hall–Kier alpha value is -4.12. The van der Waals surface area contributed by atoms with E-state index in [2.05, 4.69) is 44.9 Å². The molecule has 31 heavy (non-hydrogen) atoms. The molecule has 0 bridgehead atoms. The van der Waals surface area contributed by atoms with Gasteiger partial charge in [0.1, 0.15) is 12.3 Å². The van der Waals surface area contributed by atoms with Gasteiger partial charge in [-0.2, -0.15) is 4.57 Å². The number of pyridine rings is 1. The van der Waals surface area contributed by atoms with Crippen molar-refractivity contribution in [3.05, 3.63) is 103 Å². The van der Waals surface area contributed by atoms with E-state index < -0.39 is 0 Å². The van der Waals surface area contributed by atoms with Crippen molar-refractivity contribution in [2.75, 3.05) is 6.61 Å². The quantitative estimate of drug-likeness (QED) is 0.428. The summed E-state index contributed by atoms with van der Waals surface area (Å²) >= 11 is 0. The molecule has 3 heterocycles. The van der Waals surface area contributed by atoms with Gasteiger partial charge in [-0.3, -0.25) is 4.98 Å². The van der Waals surface area contributed by atoms with Gasteiger partial charge in [-0.25, -0.2) is 4.98 Å². The third-order valence-electron chi connectivity index (χ3n) is 5.58. The van der Waals surface area contributed by atoms with Gasteiger partial charge in [-0.15, -0.1) is 0 Å². The molecule has 0 spiro atoms. The summed E-state index contributed by atoms with van der Waals surface area (Å²) in [6.45, 7) is 0.438. The lowest BCUT2D eigenvalue weighted by molar-refractivity contribution is -0.581. The van der Waals surface area contributed by atoms with Crippen LogP contribution in [-0.4, -0.2) is 16.6 Å². The standard InChI is InChI=1S/C26H19N3O2/c1-2-6-20(7-3-1)29-22-16-19(18-12-14-27-15-13-18)10-11-21(22)28-26(29)25-17-30-23-8-4-5-9-24(23)31-25/h1-16,25H,17H2/p+1. The number of fused-ring (bicyclic) bond motifs is 2. The molecule has 1 atom stereocenters. The smallest absolute Gasteiger partial charge is 0.305 e. The van der Waals surface area contributed by atoms with E-state index in [1.54, 1.807) is 0 Å². The van der Waals surface area contributed by atoms with Crippen LogP contribution in [-0.2, 0) is 0 Å². The highest BCUT2D eigenvalue weighted by Crippen LogP contribution is 2.35. The van der Waals surface area contributed by atoms with E-state index in [0.717, 1.165) is 45.2 Å². The minimum Gasteiger partial charge on any atom is -0.485 e. The second-order valence-electron chi connectivity index (χ2n) is 7.51. The molecular formula is C26H20N3O2+. The Bertz CT molecular complexity index is 1360. The molecule has 6 rings (SSSR count). The summed E-state index contributed by atoms with van der Waals surface area (Å²) in [7, 11) is 0. The van der Waals surface area contributed by atoms with Crippen LogP contribution < -0.4 is 14.0 Å². The number of nitrogens with zero attached hydrogens (tertiary/aromatic N) is 2. The van der Waals surface area contributed by atoms with Crippen molar-refractivity contribution in [1.82, 2.24) is 9.97 Å². The maximum Gasteiger partial charge on any atom is 0.305 e. The van der Waals surface area contributed by atoms with E-state index in [4.69, 9.17) is 9.47 Å². The SMILES string of the molecule is c1ccc(-[n+]2c(C3COc4ccccc4O3)[nH]c3ccc(-c4ccncc4)cc32)cc1. The Kier molecular flexibility index (Phi) is 4.17. The van der Waals surface area contributed by atoms with E-state index >= 15 is 0 Å². The molecule has 5 heteroatoms. The Morgan fingerprint density at radius 2 is 1.58 bits per heavy atom. The average molecular weight is 406 g/mol. The highest BCUT2D eigenvalue weighted by Gasteiger charge is 2.33. The number of rotatable bonds is 3. The van der Waals surface area contributed by atoms with E-state index in [1.165, 1.54) is 0 Å². The molecule has 1 aliphatic heterocycles. The summed E-state index contributed by atoms with van der Waals surface area (Å²) in [6, 6.07) is 28.6. The first kappa shape index (κ1) is 17.7. The zero-order chi connectivity index (χ0) is 20.6. The maximum atomic E-state index is 6.34. The molecule has 0 aliphatic carbocycles. The molecule has 5 nitrogen and oxygen atoms in total. The van der Waals surface area contributed by atoms with Crippen molar-refractivity contribution in [2.45, 2.75) is 6.10 Å². The number of imidazole rings is 1. The van der Waals surface area contributed by atoms with Crippen molar-refractivity contribution < 1.29 is 14.0 Å². The van der Waals surface area contributed by atoms with Crippen LogP contribution in [0.1, 0.15) is 11.9 Å². The predicted molar refractivity (Wildman–Crippen MR) is 118 cm³/mol. The summed E-state index contributed by atoms with van der Waals surface area (Å²) in [5.41, 5.74) is 5.46. The molecule has 5 aromatic rings.